The van der Waals surface area contributed by atoms with Crippen molar-refractivity contribution < 1.29 is 4.79 Å². The lowest BCUT2D eigenvalue weighted by Crippen LogP contribution is -2.27. The van der Waals surface area contributed by atoms with Gasteiger partial charge in [-0.25, -0.2) is 0 Å². The summed E-state index contributed by atoms with van der Waals surface area (Å²) in [5, 5.41) is 2.95. The van der Waals surface area contributed by atoms with Gasteiger partial charge in [-0.05, 0) is 57.4 Å². The molecule has 106 valence electrons. The van der Waals surface area contributed by atoms with Gasteiger partial charge in [-0.15, -0.1) is 0 Å². The number of nitrogens with zero attached hydrogens (tertiary/aromatic N) is 2. The minimum absolute atomic E-state index is 0.0160. The van der Waals surface area contributed by atoms with Gasteiger partial charge in [-0.3, -0.25) is 4.79 Å². The van der Waals surface area contributed by atoms with Gasteiger partial charge in [0.15, 0.2) is 0 Å². The fraction of sp³-hybridized carbons (Fsp3) is 0.312. The van der Waals surface area contributed by atoms with E-state index < -0.39 is 0 Å². The maximum atomic E-state index is 12.1. The highest BCUT2D eigenvalue weighted by atomic mass is 16.1. The normalized spacial score (nSPS) is 10.8. The standard InChI is InChI=1S/C16H21N3O/c1-18(2)10-6-9-17-16(20)14-7-5-8-15(13-14)19-11-3-4-12-19/h3-5,7-8,11-13H,6,9-10H2,1-2H3,(H,17,20). The average Bonchev–Trinajstić information content (AvgIpc) is 2.97. The SMILES string of the molecule is CN(C)CCCNC(=O)c1cccc(-n2cccc2)c1. The van der Waals surface area contributed by atoms with Crippen LogP contribution in [0.4, 0.5) is 0 Å². The Bertz CT molecular complexity index is 547. The Morgan fingerprint density at radius 2 is 1.95 bits per heavy atom. The van der Waals surface area contributed by atoms with Crippen LogP contribution in [0, 0.1) is 0 Å². The number of hydrogen-bond acceptors (Lipinski definition) is 2. The molecule has 1 amide bonds. The van der Waals surface area contributed by atoms with Gasteiger partial charge in [0.1, 0.15) is 0 Å². The second-order valence-electron chi connectivity index (χ2n) is 5.05. The van der Waals surface area contributed by atoms with E-state index >= 15 is 0 Å². The second-order valence-corrected chi connectivity index (χ2v) is 5.05. The molecule has 20 heavy (non-hydrogen) atoms. The zero-order valence-corrected chi connectivity index (χ0v) is 12.0. The molecule has 1 aromatic heterocycles. The van der Waals surface area contributed by atoms with E-state index in [2.05, 4.69) is 10.2 Å². The van der Waals surface area contributed by atoms with Crippen LogP contribution in [-0.2, 0) is 0 Å². The Morgan fingerprint density at radius 3 is 2.65 bits per heavy atom. The number of carbonyl (C=O) groups is 1. The summed E-state index contributed by atoms with van der Waals surface area (Å²) in [7, 11) is 4.06. The molecule has 1 N–H and O–H groups in total. The molecule has 1 heterocycles. The Labute approximate surface area is 120 Å². The topological polar surface area (TPSA) is 37.3 Å². The van der Waals surface area contributed by atoms with Crippen molar-refractivity contribution >= 4 is 5.91 Å². The lowest BCUT2D eigenvalue weighted by Gasteiger charge is -2.10. The summed E-state index contributed by atoms with van der Waals surface area (Å²) in [6, 6.07) is 11.6. The van der Waals surface area contributed by atoms with Gasteiger partial charge in [0, 0.05) is 30.2 Å². The van der Waals surface area contributed by atoms with Gasteiger partial charge in [0.2, 0.25) is 0 Å². The van der Waals surface area contributed by atoms with E-state index in [1.807, 2.05) is 67.5 Å². The monoisotopic (exact) mass is 271 g/mol. The molecule has 0 aliphatic carbocycles. The maximum absolute atomic E-state index is 12.1. The van der Waals surface area contributed by atoms with Gasteiger partial charge >= 0.3 is 0 Å². The molecule has 0 fully saturated rings. The van der Waals surface area contributed by atoms with E-state index in [-0.39, 0.29) is 5.91 Å². The molecule has 2 aromatic rings. The van der Waals surface area contributed by atoms with Gasteiger partial charge in [-0.2, -0.15) is 0 Å². The maximum Gasteiger partial charge on any atom is 0.251 e. The third kappa shape index (κ3) is 3.96. The smallest absolute Gasteiger partial charge is 0.251 e. The van der Waals surface area contributed by atoms with E-state index in [0.29, 0.717) is 12.1 Å². The molecule has 0 radical (unpaired) electrons. The summed E-state index contributed by atoms with van der Waals surface area (Å²) >= 11 is 0. The number of carbonyl (C=O) groups excluding carboxylic acids is 1. The van der Waals surface area contributed by atoms with Crippen molar-refractivity contribution in [2.45, 2.75) is 6.42 Å². The number of hydrogen-bond donors (Lipinski definition) is 1. The largest absolute Gasteiger partial charge is 0.352 e. The summed E-state index contributed by atoms with van der Waals surface area (Å²) in [5.74, 6) is -0.0160. The summed E-state index contributed by atoms with van der Waals surface area (Å²) in [6.07, 6.45) is 4.89. The van der Waals surface area contributed by atoms with Crippen LogP contribution in [0.15, 0.2) is 48.8 Å². The third-order valence-electron chi connectivity index (χ3n) is 3.08. The first kappa shape index (κ1) is 14.3. The number of aromatic nitrogens is 1. The molecular formula is C16H21N3O. The molecule has 0 bridgehead atoms. The first-order chi connectivity index (χ1) is 9.66. The molecular weight excluding hydrogens is 250 g/mol. The fourth-order valence-corrected chi connectivity index (χ4v) is 2.01. The summed E-state index contributed by atoms with van der Waals surface area (Å²) < 4.78 is 1.99. The van der Waals surface area contributed by atoms with E-state index in [4.69, 9.17) is 0 Å². The molecule has 2 rings (SSSR count). The zero-order valence-electron chi connectivity index (χ0n) is 12.0. The molecule has 4 nitrogen and oxygen atoms in total. The highest BCUT2D eigenvalue weighted by Crippen LogP contribution is 2.10. The van der Waals surface area contributed by atoms with Crippen molar-refractivity contribution in [2.24, 2.45) is 0 Å². The van der Waals surface area contributed by atoms with Crippen molar-refractivity contribution in [3.05, 3.63) is 54.4 Å². The van der Waals surface area contributed by atoms with E-state index in [1.165, 1.54) is 0 Å². The number of nitrogens with one attached hydrogen (secondary N) is 1. The Balaban J connectivity index is 1.95. The minimum Gasteiger partial charge on any atom is -0.352 e. The van der Waals surface area contributed by atoms with Crippen LogP contribution in [0.2, 0.25) is 0 Å². The summed E-state index contributed by atoms with van der Waals surface area (Å²) in [5.41, 5.74) is 1.69. The van der Waals surface area contributed by atoms with Crippen LogP contribution < -0.4 is 5.32 Å². The van der Waals surface area contributed by atoms with Crippen molar-refractivity contribution in [1.82, 2.24) is 14.8 Å². The highest BCUT2D eigenvalue weighted by molar-refractivity contribution is 5.94. The average molecular weight is 271 g/mol. The third-order valence-corrected chi connectivity index (χ3v) is 3.08. The Hall–Kier alpha value is -2.07. The molecule has 1 aromatic carbocycles. The van der Waals surface area contributed by atoms with Crippen molar-refractivity contribution in [1.29, 1.82) is 0 Å². The first-order valence-electron chi connectivity index (χ1n) is 6.83. The van der Waals surface area contributed by atoms with Gasteiger partial charge in [0.05, 0.1) is 0 Å². The van der Waals surface area contributed by atoms with Crippen LogP contribution in [0.3, 0.4) is 0 Å². The molecule has 4 heteroatoms. The van der Waals surface area contributed by atoms with Crippen LogP contribution in [0.5, 0.6) is 0 Å². The van der Waals surface area contributed by atoms with Crippen molar-refractivity contribution in [3.63, 3.8) is 0 Å². The molecule has 0 saturated carbocycles. The lowest BCUT2D eigenvalue weighted by molar-refractivity contribution is 0.0952. The van der Waals surface area contributed by atoms with E-state index in [0.717, 1.165) is 18.7 Å². The minimum atomic E-state index is -0.0160. The number of benzene rings is 1. The van der Waals surface area contributed by atoms with Gasteiger partial charge in [0.25, 0.3) is 5.91 Å². The molecule has 0 atom stereocenters. The molecule has 0 aliphatic rings. The summed E-state index contributed by atoms with van der Waals surface area (Å²) in [6.45, 7) is 1.68. The van der Waals surface area contributed by atoms with Crippen LogP contribution in [0.1, 0.15) is 16.8 Å². The fourth-order valence-electron chi connectivity index (χ4n) is 2.01. The number of rotatable bonds is 6. The quantitative estimate of drug-likeness (QED) is 0.818. The van der Waals surface area contributed by atoms with Crippen LogP contribution >= 0.6 is 0 Å². The van der Waals surface area contributed by atoms with E-state index in [1.54, 1.807) is 0 Å². The molecule has 0 spiro atoms. The van der Waals surface area contributed by atoms with Gasteiger partial charge < -0.3 is 14.8 Å². The molecule has 0 unspecified atom stereocenters. The number of amides is 1. The summed E-state index contributed by atoms with van der Waals surface area (Å²) in [4.78, 5) is 14.2. The van der Waals surface area contributed by atoms with Crippen LogP contribution in [0.25, 0.3) is 5.69 Å². The Morgan fingerprint density at radius 1 is 1.20 bits per heavy atom. The molecule has 0 aliphatic heterocycles. The lowest BCUT2D eigenvalue weighted by atomic mass is 10.2. The van der Waals surface area contributed by atoms with Crippen molar-refractivity contribution in [3.8, 4) is 5.69 Å². The highest BCUT2D eigenvalue weighted by Gasteiger charge is 2.06. The van der Waals surface area contributed by atoms with Crippen LogP contribution in [-0.4, -0.2) is 42.6 Å². The van der Waals surface area contributed by atoms with E-state index in [9.17, 15) is 4.79 Å². The predicted molar refractivity (Wildman–Crippen MR) is 81.3 cm³/mol. The second kappa shape index (κ2) is 6.91. The Kier molecular flexibility index (Phi) is 4.96. The zero-order chi connectivity index (χ0) is 14.4. The van der Waals surface area contributed by atoms with Gasteiger partial charge in [-0.1, -0.05) is 6.07 Å². The first-order valence-corrected chi connectivity index (χ1v) is 6.83. The van der Waals surface area contributed by atoms with Crippen molar-refractivity contribution in [2.75, 3.05) is 27.2 Å². The molecule has 0 saturated heterocycles. The predicted octanol–water partition coefficient (Wildman–Crippen LogP) is 2.16.